The third-order valence-electron chi connectivity index (χ3n) is 6.14. The lowest BCUT2D eigenvalue weighted by atomic mass is 10.0. The summed E-state index contributed by atoms with van der Waals surface area (Å²) in [5, 5.41) is 4.00. The van der Waals surface area contributed by atoms with E-state index in [0.717, 1.165) is 23.1 Å². The van der Waals surface area contributed by atoms with Gasteiger partial charge in [-0.05, 0) is 66.9 Å². The molecule has 1 N–H and O–H groups in total. The molecule has 1 amide bonds. The Morgan fingerprint density at radius 1 is 1.03 bits per heavy atom. The normalized spacial score (nSPS) is 12.0. The fraction of sp³-hybridized carbons (Fsp3) is 0.185. The van der Waals surface area contributed by atoms with E-state index < -0.39 is 0 Å². The number of fused-ring (bicyclic) bond motifs is 2. The third kappa shape index (κ3) is 4.47. The highest BCUT2D eigenvalue weighted by atomic mass is 35.5. The van der Waals surface area contributed by atoms with Gasteiger partial charge in [-0.25, -0.2) is 9.36 Å². The molecule has 3 aromatic carbocycles. The monoisotopic (exact) mass is 507 g/mol. The van der Waals surface area contributed by atoms with Crippen LogP contribution in [-0.4, -0.2) is 15.3 Å². The Morgan fingerprint density at radius 2 is 1.74 bits per heavy atom. The van der Waals surface area contributed by atoms with Crippen molar-refractivity contribution < 1.29 is 9.53 Å². The summed E-state index contributed by atoms with van der Waals surface area (Å²) >= 11 is 12.3. The number of rotatable bonds is 5. The fourth-order valence-electron chi connectivity index (χ4n) is 4.25. The first kappa shape index (κ1) is 23.3. The lowest BCUT2D eigenvalue weighted by Gasteiger charge is -2.20. The van der Waals surface area contributed by atoms with Crippen molar-refractivity contribution in [2.75, 3.05) is 5.32 Å². The highest BCUT2D eigenvalue weighted by molar-refractivity contribution is 6.31. The van der Waals surface area contributed by atoms with Crippen molar-refractivity contribution in [3.8, 4) is 17.3 Å². The number of halogens is 2. The number of hydrogen-bond donors (Lipinski definition) is 1. The summed E-state index contributed by atoms with van der Waals surface area (Å²) in [6, 6.07) is 18.3. The molecular formula is C27H23Cl2N3O3. The second-order valence-corrected chi connectivity index (χ2v) is 9.39. The molecule has 1 aliphatic rings. The van der Waals surface area contributed by atoms with Crippen molar-refractivity contribution in [1.29, 1.82) is 0 Å². The first-order valence-electron chi connectivity index (χ1n) is 11.3. The molecule has 5 rings (SSSR count). The van der Waals surface area contributed by atoms with E-state index in [2.05, 4.69) is 12.2 Å². The van der Waals surface area contributed by atoms with Gasteiger partial charge in [-0.3, -0.25) is 9.59 Å². The molecule has 35 heavy (non-hydrogen) atoms. The van der Waals surface area contributed by atoms with Gasteiger partial charge in [-0.2, -0.15) is 0 Å². The summed E-state index contributed by atoms with van der Waals surface area (Å²) in [4.78, 5) is 26.8. The number of benzene rings is 3. The average molecular weight is 508 g/mol. The van der Waals surface area contributed by atoms with E-state index >= 15 is 0 Å². The Balaban J connectivity index is 1.58. The average Bonchev–Trinajstić information content (AvgIpc) is 3.10. The summed E-state index contributed by atoms with van der Waals surface area (Å²) in [6.45, 7) is 3.83. The first-order valence-corrected chi connectivity index (χ1v) is 12.1. The van der Waals surface area contributed by atoms with Crippen LogP contribution in [0.25, 0.3) is 5.69 Å². The number of nitrogens with one attached hydrogen (secondary N) is 1. The van der Waals surface area contributed by atoms with Crippen LogP contribution in [0.5, 0.6) is 11.6 Å². The zero-order valence-corrected chi connectivity index (χ0v) is 20.8. The Morgan fingerprint density at radius 3 is 2.49 bits per heavy atom. The number of carbonyl (C=O) groups is 1. The van der Waals surface area contributed by atoms with Crippen molar-refractivity contribution in [2.45, 2.75) is 33.2 Å². The van der Waals surface area contributed by atoms with Gasteiger partial charge in [0, 0.05) is 27.7 Å². The summed E-state index contributed by atoms with van der Waals surface area (Å²) in [6.07, 6.45) is 1.24. The predicted molar refractivity (Wildman–Crippen MR) is 139 cm³/mol. The Hall–Kier alpha value is -3.48. The number of carbonyl (C=O) groups excluding carboxylic acids is 1. The Kier molecular flexibility index (Phi) is 6.17. The maximum atomic E-state index is 13.6. The van der Waals surface area contributed by atoms with Crippen LogP contribution in [0.1, 0.15) is 29.2 Å². The quantitative estimate of drug-likeness (QED) is 0.310. The minimum atomic E-state index is -0.308. The smallest absolute Gasteiger partial charge is 0.278 e. The molecule has 0 aliphatic carbocycles. The zero-order valence-electron chi connectivity index (χ0n) is 19.3. The van der Waals surface area contributed by atoms with Crippen LogP contribution >= 0.6 is 23.2 Å². The highest BCUT2D eigenvalue weighted by Crippen LogP contribution is 2.37. The standard InChI is InChI=1S/C27H23Cl2N3O3/c1-3-17-5-9-21(10-6-17)32-26(34)22-13-18-12-19(28)8-11-24(18)35-27(22)31(32)15-25(33)30-23-14-20(29)7-4-16(23)2/h4-12,14H,3,13,15H2,1-2H3,(H,30,33). The molecule has 4 aromatic rings. The molecule has 1 aliphatic heterocycles. The van der Waals surface area contributed by atoms with E-state index in [1.54, 1.807) is 35.0 Å². The van der Waals surface area contributed by atoms with Gasteiger partial charge in [0.25, 0.3) is 5.56 Å². The minimum Gasteiger partial charge on any atom is -0.439 e. The Labute approximate surface area is 212 Å². The number of ether oxygens (including phenoxy) is 1. The summed E-state index contributed by atoms with van der Waals surface area (Å²) < 4.78 is 9.26. The van der Waals surface area contributed by atoms with E-state index in [-0.39, 0.29) is 18.0 Å². The summed E-state index contributed by atoms with van der Waals surface area (Å²) in [7, 11) is 0. The lowest BCUT2D eigenvalue weighted by molar-refractivity contribution is -0.117. The van der Waals surface area contributed by atoms with E-state index in [0.29, 0.717) is 45.0 Å². The third-order valence-corrected chi connectivity index (χ3v) is 6.61. The van der Waals surface area contributed by atoms with Gasteiger partial charge in [0.15, 0.2) is 0 Å². The van der Waals surface area contributed by atoms with Gasteiger partial charge in [0.1, 0.15) is 12.3 Å². The van der Waals surface area contributed by atoms with Crippen molar-refractivity contribution in [3.05, 3.63) is 103 Å². The molecule has 0 fully saturated rings. The van der Waals surface area contributed by atoms with Crippen molar-refractivity contribution in [1.82, 2.24) is 9.36 Å². The van der Waals surface area contributed by atoms with Gasteiger partial charge in [-0.15, -0.1) is 0 Å². The number of aromatic nitrogens is 2. The van der Waals surface area contributed by atoms with Crippen LogP contribution in [0.15, 0.2) is 65.5 Å². The maximum absolute atomic E-state index is 13.6. The van der Waals surface area contributed by atoms with E-state index in [1.807, 2.05) is 37.3 Å². The SMILES string of the molecule is CCc1ccc(-n2c(=O)c3c(n2CC(=O)Nc2cc(Cl)ccc2C)Oc2ccc(Cl)cc2C3)cc1. The van der Waals surface area contributed by atoms with Crippen LogP contribution in [0.2, 0.25) is 10.0 Å². The Bertz CT molecular complexity index is 1500. The molecular weight excluding hydrogens is 485 g/mol. The number of aryl methyl sites for hydroxylation is 2. The summed E-state index contributed by atoms with van der Waals surface area (Å²) in [5.74, 6) is 0.653. The van der Waals surface area contributed by atoms with Crippen LogP contribution in [0, 0.1) is 6.92 Å². The predicted octanol–water partition coefficient (Wildman–Crippen LogP) is 6.15. The molecule has 2 heterocycles. The van der Waals surface area contributed by atoms with Crippen molar-refractivity contribution in [2.24, 2.45) is 0 Å². The summed E-state index contributed by atoms with van der Waals surface area (Å²) in [5.41, 5.74) is 4.37. The van der Waals surface area contributed by atoms with Gasteiger partial charge >= 0.3 is 0 Å². The molecule has 0 spiro atoms. The molecule has 0 bridgehead atoms. The number of nitrogens with zero attached hydrogens (tertiary/aromatic N) is 2. The van der Waals surface area contributed by atoms with Gasteiger partial charge in [0.05, 0.1) is 11.3 Å². The van der Waals surface area contributed by atoms with E-state index in [1.165, 1.54) is 4.68 Å². The van der Waals surface area contributed by atoms with E-state index in [9.17, 15) is 9.59 Å². The largest absolute Gasteiger partial charge is 0.439 e. The number of anilines is 1. The number of amides is 1. The highest BCUT2D eigenvalue weighted by Gasteiger charge is 2.29. The number of hydrogen-bond acceptors (Lipinski definition) is 3. The van der Waals surface area contributed by atoms with Crippen LogP contribution in [-0.2, 0) is 24.2 Å². The van der Waals surface area contributed by atoms with Crippen LogP contribution < -0.4 is 15.6 Å². The molecule has 8 heteroatoms. The van der Waals surface area contributed by atoms with Crippen molar-refractivity contribution in [3.63, 3.8) is 0 Å². The molecule has 0 saturated carbocycles. The van der Waals surface area contributed by atoms with Gasteiger partial charge < -0.3 is 10.1 Å². The van der Waals surface area contributed by atoms with Crippen LogP contribution in [0.4, 0.5) is 5.69 Å². The maximum Gasteiger partial charge on any atom is 0.278 e. The molecule has 6 nitrogen and oxygen atoms in total. The second kappa shape index (κ2) is 9.29. The van der Waals surface area contributed by atoms with Gasteiger partial charge in [0.2, 0.25) is 11.8 Å². The molecule has 178 valence electrons. The molecule has 0 radical (unpaired) electrons. The topological polar surface area (TPSA) is 65.3 Å². The second-order valence-electron chi connectivity index (χ2n) is 8.52. The molecule has 0 saturated heterocycles. The molecule has 0 atom stereocenters. The van der Waals surface area contributed by atoms with Crippen molar-refractivity contribution >= 4 is 34.8 Å². The molecule has 0 unspecified atom stereocenters. The van der Waals surface area contributed by atoms with Gasteiger partial charge in [-0.1, -0.05) is 48.3 Å². The molecule has 1 aromatic heterocycles. The van der Waals surface area contributed by atoms with Crippen LogP contribution in [0.3, 0.4) is 0 Å². The minimum absolute atomic E-state index is 0.130. The zero-order chi connectivity index (χ0) is 24.7. The lowest BCUT2D eigenvalue weighted by Crippen LogP contribution is -2.27. The fourth-order valence-corrected chi connectivity index (χ4v) is 4.61. The first-order chi connectivity index (χ1) is 16.8. The van der Waals surface area contributed by atoms with E-state index in [4.69, 9.17) is 27.9 Å².